The van der Waals surface area contributed by atoms with Gasteiger partial charge in [0.2, 0.25) is 5.56 Å². The van der Waals surface area contributed by atoms with E-state index < -0.39 is 11.7 Å². The molecule has 1 aliphatic heterocycles. The number of pyridine rings is 1. The second-order valence-electron chi connectivity index (χ2n) is 7.03. The maximum atomic E-state index is 13.0. The van der Waals surface area contributed by atoms with Crippen LogP contribution in [0.1, 0.15) is 18.4 Å². The van der Waals surface area contributed by atoms with Gasteiger partial charge in [-0.05, 0) is 37.0 Å². The molecular weight excluding hydrogens is 387 g/mol. The summed E-state index contributed by atoms with van der Waals surface area (Å²) < 4.78 is 45.9. The van der Waals surface area contributed by atoms with Crippen molar-refractivity contribution in [2.75, 3.05) is 25.0 Å². The minimum Gasteiger partial charge on any atom is -0.493 e. The second kappa shape index (κ2) is 8.59. The molecule has 1 aliphatic rings. The molecule has 1 saturated heterocycles. The zero-order valence-corrected chi connectivity index (χ0v) is 15.9. The Morgan fingerprint density at radius 1 is 1.17 bits per heavy atom. The third-order valence-corrected chi connectivity index (χ3v) is 4.91. The molecule has 2 amide bonds. The Bertz CT molecular complexity index is 919. The Kier molecular flexibility index (Phi) is 6.14. The summed E-state index contributed by atoms with van der Waals surface area (Å²) in [7, 11) is 1.60. The van der Waals surface area contributed by atoms with Gasteiger partial charge in [0, 0.05) is 32.4 Å². The molecule has 0 spiro atoms. The number of aryl methyl sites for hydroxylation is 1. The average Bonchev–Trinajstić information content (AvgIpc) is 2.69. The molecule has 0 unspecified atom stereocenters. The zero-order valence-electron chi connectivity index (χ0n) is 15.9. The van der Waals surface area contributed by atoms with Crippen LogP contribution in [-0.4, -0.2) is 35.2 Å². The van der Waals surface area contributed by atoms with E-state index in [2.05, 4.69) is 5.32 Å². The molecule has 0 atom stereocenters. The molecule has 6 nitrogen and oxygen atoms in total. The quantitative estimate of drug-likeness (QED) is 0.837. The first-order valence-electron chi connectivity index (χ1n) is 9.25. The fourth-order valence-corrected chi connectivity index (χ4v) is 3.21. The SMILES string of the molecule is Cn1cc(NC(=O)N2CCC(COc3ccccc3C(F)(F)F)CC2)ccc1=O. The summed E-state index contributed by atoms with van der Waals surface area (Å²) in [5, 5.41) is 2.75. The number of rotatable bonds is 4. The fourth-order valence-electron chi connectivity index (χ4n) is 3.21. The maximum Gasteiger partial charge on any atom is 0.419 e. The number of amides is 2. The maximum absolute atomic E-state index is 13.0. The van der Waals surface area contributed by atoms with Crippen LogP contribution in [0.15, 0.2) is 47.4 Å². The van der Waals surface area contributed by atoms with Crippen molar-refractivity contribution in [3.63, 3.8) is 0 Å². The predicted molar refractivity (Wildman–Crippen MR) is 102 cm³/mol. The molecule has 0 saturated carbocycles. The van der Waals surface area contributed by atoms with Gasteiger partial charge in [0.25, 0.3) is 0 Å². The van der Waals surface area contributed by atoms with Gasteiger partial charge in [0.15, 0.2) is 0 Å². The summed E-state index contributed by atoms with van der Waals surface area (Å²) in [4.78, 5) is 25.4. The number of aromatic nitrogens is 1. The number of alkyl halides is 3. The molecule has 3 rings (SSSR count). The van der Waals surface area contributed by atoms with Gasteiger partial charge in [-0.15, -0.1) is 0 Å². The monoisotopic (exact) mass is 409 g/mol. The molecule has 9 heteroatoms. The predicted octanol–water partition coefficient (Wildman–Crippen LogP) is 3.73. The van der Waals surface area contributed by atoms with Crippen LogP contribution in [-0.2, 0) is 13.2 Å². The van der Waals surface area contributed by atoms with E-state index in [4.69, 9.17) is 4.74 Å². The number of nitrogens with one attached hydrogen (secondary N) is 1. The summed E-state index contributed by atoms with van der Waals surface area (Å²) in [5.74, 6) is -0.104. The number of benzene rings is 1. The van der Waals surface area contributed by atoms with Gasteiger partial charge in [-0.25, -0.2) is 4.79 Å². The summed E-state index contributed by atoms with van der Waals surface area (Å²) in [6.45, 7) is 1.13. The number of nitrogens with zero attached hydrogens (tertiary/aromatic N) is 2. The molecule has 1 fully saturated rings. The number of likely N-dealkylation sites (tertiary alicyclic amines) is 1. The average molecular weight is 409 g/mol. The standard InChI is InChI=1S/C20H22F3N3O3/c1-25-12-15(6-7-18(25)27)24-19(28)26-10-8-14(9-11-26)13-29-17-5-3-2-4-16(17)20(21,22)23/h2-7,12,14H,8-11,13H2,1H3,(H,24,28). The highest BCUT2D eigenvalue weighted by Gasteiger charge is 2.34. The van der Waals surface area contributed by atoms with Crippen molar-refractivity contribution >= 4 is 11.7 Å². The summed E-state index contributed by atoms with van der Waals surface area (Å²) in [6, 6.07) is 7.80. The first-order valence-corrected chi connectivity index (χ1v) is 9.25. The van der Waals surface area contributed by atoms with Crippen LogP contribution in [0, 0.1) is 5.92 Å². The van der Waals surface area contributed by atoms with E-state index in [-0.39, 0.29) is 29.9 Å². The highest BCUT2D eigenvalue weighted by Crippen LogP contribution is 2.36. The van der Waals surface area contributed by atoms with E-state index >= 15 is 0 Å². The number of anilines is 1. The summed E-state index contributed by atoms with van der Waals surface area (Å²) in [5.41, 5.74) is -0.434. The first kappa shape index (κ1) is 20.8. The first-order chi connectivity index (χ1) is 13.7. The number of hydrogen-bond acceptors (Lipinski definition) is 3. The molecule has 2 heterocycles. The Hall–Kier alpha value is -2.97. The van der Waals surface area contributed by atoms with E-state index in [1.807, 2.05) is 0 Å². The number of urea groups is 1. The van der Waals surface area contributed by atoms with Crippen molar-refractivity contribution in [3.8, 4) is 5.75 Å². The van der Waals surface area contributed by atoms with Crippen molar-refractivity contribution < 1.29 is 22.7 Å². The molecule has 1 aromatic carbocycles. The van der Waals surface area contributed by atoms with Gasteiger partial charge in [0.1, 0.15) is 5.75 Å². The highest BCUT2D eigenvalue weighted by molar-refractivity contribution is 5.89. The van der Waals surface area contributed by atoms with Crippen LogP contribution in [0.4, 0.5) is 23.7 Å². The van der Waals surface area contributed by atoms with Gasteiger partial charge in [-0.3, -0.25) is 4.79 Å². The third-order valence-electron chi connectivity index (χ3n) is 4.91. The number of para-hydroxylation sites is 1. The molecule has 0 aliphatic carbocycles. The van der Waals surface area contributed by atoms with E-state index in [0.717, 1.165) is 6.07 Å². The van der Waals surface area contributed by atoms with Crippen LogP contribution in [0.2, 0.25) is 0 Å². The van der Waals surface area contributed by atoms with Gasteiger partial charge < -0.3 is 19.5 Å². The summed E-state index contributed by atoms with van der Waals surface area (Å²) in [6.07, 6.45) is -1.65. The van der Waals surface area contributed by atoms with E-state index in [1.54, 1.807) is 24.2 Å². The molecule has 29 heavy (non-hydrogen) atoms. The molecular formula is C20H22F3N3O3. The lowest BCUT2D eigenvalue weighted by atomic mass is 9.98. The lowest BCUT2D eigenvalue weighted by Crippen LogP contribution is -2.42. The third kappa shape index (κ3) is 5.30. The molecule has 156 valence electrons. The van der Waals surface area contributed by atoms with Crippen molar-refractivity contribution in [3.05, 3.63) is 58.5 Å². The van der Waals surface area contributed by atoms with Crippen LogP contribution in [0.5, 0.6) is 5.75 Å². The largest absolute Gasteiger partial charge is 0.493 e. The highest BCUT2D eigenvalue weighted by atomic mass is 19.4. The van der Waals surface area contributed by atoms with E-state index in [1.165, 1.54) is 28.8 Å². The normalized spacial score (nSPS) is 15.2. The minimum absolute atomic E-state index is 0.0675. The van der Waals surface area contributed by atoms with Crippen LogP contribution in [0.25, 0.3) is 0 Å². The molecule has 1 N–H and O–H groups in total. The van der Waals surface area contributed by atoms with Crippen molar-refractivity contribution in [1.29, 1.82) is 0 Å². The Labute approximate surface area is 165 Å². The van der Waals surface area contributed by atoms with Gasteiger partial charge >= 0.3 is 12.2 Å². The van der Waals surface area contributed by atoms with E-state index in [9.17, 15) is 22.8 Å². The second-order valence-corrected chi connectivity index (χ2v) is 7.03. The number of carbonyl (C=O) groups excluding carboxylic acids is 1. The smallest absolute Gasteiger partial charge is 0.419 e. The minimum atomic E-state index is -4.46. The van der Waals surface area contributed by atoms with Crippen molar-refractivity contribution in [2.24, 2.45) is 13.0 Å². The molecule has 0 radical (unpaired) electrons. The van der Waals surface area contributed by atoms with Gasteiger partial charge in [-0.2, -0.15) is 13.2 Å². The number of halogens is 3. The lowest BCUT2D eigenvalue weighted by Gasteiger charge is -2.32. The molecule has 1 aromatic heterocycles. The van der Waals surface area contributed by atoms with E-state index in [0.29, 0.717) is 31.6 Å². The van der Waals surface area contributed by atoms with Crippen LogP contribution < -0.4 is 15.6 Å². The zero-order chi connectivity index (χ0) is 21.0. The van der Waals surface area contributed by atoms with Gasteiger partial charge in [0.05, 0.1) is 17.9 Å². The van der Waals surface area contributed by atoms with Crippen LogP contribution >= 0.6 is 0 Å². The molecule has 2 aromatic rings. The Balaban J connectivity index is 1.50. The topological polar surface area (TPSA) is 63.6 Å². The summed E-state index contributed by atoms with van der Waals surface area (Å²) >= 11 is 0. The fraction of sp³-hybridized carbons (Fsp3) is 0.400. The number of piperidine rings is 1. The Morgan fingerprint density at radius 2 is 1.86 bits per heavy atom. The number of hydrogen-bond donors (Lipinski definition) is 1. The Morgan fingerprint density at radius 3 is 2.52 bits per heavy atom. The lowest BCUT2D eigenvalue weighted by molar-refractivity contribution is -0.139. The number of carbonyl (C=O) groups is 1. The van der Waals surface area contributed by atoms with Gasteiger partial charge in [-0.1, -0.05) is 12.1 Å². The number of ether oxygens (including phenoxy) is 1. The molecule has 0 bridgehead atoms. The van der Waals surface area contributed by atoms with Crippen molar-refractivity contribution in [2.45, 2.75) is 19.0 Å². The van der Waals surface area contributed by atoms with Crippen molar-refractivity contribution in [1.82, 2.24) is 9.47 Å². The van der Waals surface area contributed by atoms with Crippen LogP contribution in [0.3, 0.4) is 0 Å².